The van der Waals surface area contributed by atoms with Gasteiger partial charge in [0.05, 0.1) is 0 Å². The summed E-state index contributed by atoms with van der Waals surface area (Å²) in [4.78, 5) is 11.2. The molecule has 0 saturated carbocycles. The van der Waals surface area contributed by atoms with E-state index in [1.54, 1.807) is 12.1 Å². The lowest BCUT2D eigenvalue weighted by atomic mass is 10.1. The topological polar surface area (TPSA) is 30.2 Å². The van der Waals surface area contributed by atoms with Crippen molar-refractivity contribution in [3.05, 3.63) is 44.5 Å². The first-order chi connectivity index (χ1) is 7.99. The molecule has 0 fully saturated rings. The molecule has 0 aliphatic rings. The van der Waals surface area contributed by atoms with Crippen LogP contribution in [0.5, 0.6) is 0 Å². The van der Waals surface area contributed by atoms with Crippen LogP contribution in [0.3, 0.4) is 0 Å². The Bertz CT molecular complexity index is 562. The van der Waals surface area contributed by atoms with Gasteiger partial charge in [0.2, 0.25) is 0 Å². The lowest BCUT2D eigenvalue weighted by molar-refractivity contribution is 0.0988. The molecule has 0 N–H and O–H groups in total. The molecule has 0 saturated heterocycles. The Morgan fingerprint density at radius 2 is 1.76 bits per heavy atom. The Hall–Kier alpha value is -0.870. The average molecular weight is 358 g/mol. The maximum absolute atomic E-state index is 11.2. The van der Waals surface area contributed by atoms with E-state index in [1.807, 2.05) is 19.1 Å². The zero-order valence-electron chi connectivity index (χ0n) is 9.38. The number of halogens is 2. The van der Waals surface area contributed by atoms with Crippen molar-refractivity contribution in [3.63, 3.8) is 0 Å². The molecule has 17 heavy (non-hydrogen) atoms. The summed E-state index contributed by atoms with van der Waals surface area (Å²) in [5.74, 6) is 0.976. The molecular weight excluding hydrogens is 348 g/mol. The lowest BCUT2D eigenvalue weighted by Crippen LogP contribution is -1.87. The van der Waals surface area contributed by atoms with Crippen molar-refractivity contribution in [1.82, 2.24) is 0 Å². The molecule has 0 amide bonds. The van der Waals surface area contributed by atoms with Gasteiger partial charge in [-0.15, -0.1) is 0 Å². The maximum Gasteiger partial charge on any atom is 0.194 e. The molecule has 0 unspecified atom stereocenters. The highest BCUT2D eigenvalue weighted by molar-refractivity contribution is 9.11. The molecule has 0 bridgehead atoms. The standard InChI is InChI=1S/C13H10Br2O2/c1-7-5-9(14)13(10(15)6-7)12-4-3-11(17-12)8(2)16/h3-6H,1-2H3. The third-order valence-corrected chi connectivity index (χ3v) is 3.64. The SMILES string of the molecule is CC(=O)c1ccc(-c2c(Br)cc(C)cc2Br)o1. The van der Waals surface area contributed by atoms with Gasteiger partial charge in [-0.1, -0.05) is 0 Å². The Morgan fingerprint density at radius 1 is 1.18 bits per heavy atom. The Labute approximate surface area is 116 Å². The number of benzene rings is 1. The molecule has 0 spiro atoms. The smallest absolute Gasteiger partial charge is 0.194 e. The first kappa shape index (κ1) is 12.6. The van der Waals surface area contributed by atoms with Crippen LogP contribution < -0.4 is 0 Å². The van der Waals surface area contributed by atoms with Crippen LogP contribution >= 0.6 is 31.9 Å². The van der Waals surface area contributed by atoms with Gasteiger partial charge in [-0.3, -0.25) is 4.79 Å². The highest BCUT2D eigenvalue weighted by atomic mass is 79.9. The van der Waals surface area contributed by atoms with E-state index in [9.17, 15) is 4.79 Å². The van der Waals surface area contributed by atoms with E-state index < -0.39 is 0 Å². The van der Waals surface area contributed by atoms with Crippen LogP contribution in [0.25, 0.3) is 11.3 Å². The van der Waals surface area contributed by atoms with Crippen LogP contribution in [-0.4, -0.2) is 5.78 Å². The highest BCUT2D eigenvalue weighted by Crippen LogP contribution is 2.37. The molecule has 1 aromatic heterocycles. The van der Waals surface area contributed by atoms with Crippen LogP contribution in [0, 0.1) is 6.92 Å². The summed E-state index contributed by atoms with van der Waals surface area (Å²) < 4.78 is 7.40. The van der Waals surface area contributed by atoms with Crippen molar-refractivity contribution in [2.45, 2.75) is 13.8 Å². The van der Waals surface area contributed by atoms with E-state index in [1.165, 1.54) is 6.92 Å². The molecule has 4 heteroatoms. The van der Waals surface area contributed by atoms with Crippen LogP contribution in [0.1, 0.15) is 23.0 Å². The number of rotatable bonds is 2. The largest absolute Gasteiger partial charge is 0.453 e. The Balaban J connectivity index is 2.56. The highest BCUT2D eigenvalue weighted by Gasteiger charge is 2.14. The fourth-order valence-electron chi connectivity index (χ4n) is 1.60. The van der Waals surface area contributed by atoms with E-state index >= 15 is 0 Å². The van der Waals surface area contributed by atoms with Crippen LogP contribution in [0.2, 0.25) is 0 Å². The monoisotopic (exact) mass is 356 g/mol. The van der Waals surface area contributed by atoms with Gasteiger partial charge >= 0.3 is 0 Å². The fraction of sp³-hybridized carbons (Fsp3) is 0.154. The van der Waals surface area contributed by atoms with Crippen molar-refractivity contribution in [1.29, 1.82) is 0 Å². The zero-order valence-corrected chi connectivity index (χ0v) is 12.6. The second-order valence-electron chi connectivity index (χ2n) is 3.82. The van der Waals surface area contributed by atoms with Gasteiger partial charge in [0.15, 0.2) is 11.5 Å². The van der Waals surface area contributed by atoms with Gasteiger partial charge in [-0.05, 0) is 68.6 Å². The number of furan rings is 1. The lowest BCUT2D eigenvalue weighted by Gasteiger charge is -2.06. The first-order valence-corrected chi connectivity index (χ1v) is 6.64. The summed E-state index contributed by atoms with van der Waals surface area (Å²) >= 11 is 7.01. The van der Waals surface area contributed by atoms with Gasteiger partial charge in [-0.2, -0.15) is 0 Å². The van der Waals surface area contributed by atoms with Gasteiger partial charge in [0.25, 0.3) is 0 Å². The summed E-state index contributed by atoms with van der Waals surface area (Å²) in [6.07, 6.45) is 0. The number of aryl methyl sites for hydroxylation is 1. The molecule has 88 valence electrons. The van der Waals surface area contributed by atoms with Crippen LogP contribution in [0.15, 0.2) is 37.6 Å². The zero-order chi connectivity index (χ0) is 12.6. The third kappa shape index (κ3) is 2.53. The number of hydrogen-bond donors (Lipinski definition) is 0. The average Bonchev–Trinajstić information content (AvgIpc) is 2.65. The van der Waals surface area contributed by atoms with Crippen molar-refractivity contribution < 1.29 is 9.21 Å². The Kier molecular flexibility index (Phi) is 3.54. The number of carbonyl (C=O) groups is 1. The van der Waals surface area contributed by atoms with Gasteiger partial charge in [0, 0.05) is 21.4 Å². The minimum absolute atomic E-state index is 0.0735. The van der Waals surface area contributed by atoms with Gasteiger partial charge < -0.3 is 4.42 Å². The second-order valence-corrected chi connectivity index (χ2v) is 5.53. The molecule has 1 heterocycles. The molecule has 0 aliphatic carbocycles. The van der Waals surface area contributed by atoms with Crippen molar-refractivity contribution >= 4 is 37.6 Å². The van der Waals surface area contributed by atoms with E-state index in [2.05, 4.69) is 31.9 Å². The number of Topliss-reactive ketones (excluding diaryl/α,β-unsaturated/α-hetero) is 1. The predicted octanol–water partition coefficient (Wildman–Crippen LogP) is 4.98. The van der Waals surface area contributed by atoms with Crippen LogP contribution in [0.4, 0.5) is 0 Å². The summed E-state index contributed by atoms with van der Waals surface area (Å²) in [6, 6.07) is 7.51. The van der Waals surface area contributed by atoms with E-state index in [0.29, 0.717) is 11.5 Å². The molecule has 0 atom stereocenters. The Morgan fingerprint density at radius 3 is 2.24 bits per heavy atom. The summed E-state index contributed by atoms with van der Waals surface area (Å²) in [5, 5.41) is 0. The minimum Gasteiger partial charge on any atom is -0.453 e. The number of carbonyl (C=O) groups excluding carboxylic acids is 1. The second kappa shape index (κ2) is 4.78. The maximum atomic E-state index is 11.2. The third-order valence-electron chi connectivity index (χ3n) is 2.39. The summed E-state index contributed by atoms with van der Waals surface area (Å²) in [7, 11) is 0. The van der Waals surface area contributed by atoms with Gasteiger partial charge in [0.1, 0.15) is 5.76 Å². The quantitative estimate of drug-likeness (QED) is 0.709. The first-order valence-electron chi connectivity index (χ1n) is 5.06. The van der Waals surface area contributed by atoms with E-state index in [0.717, 1.165) is 20.1 Å². The van der Waals surface area contributed by atoms with Crippen molar-refractivity contribution in [3.8, 4) is 11.3 Å². The molecule has 0 aliphatic heterocycles. The van der Waals surface area contributed by atoms with E-state index in [4.69, 9.17) is 4.42 Å². The molecule has 2 aromatic rings. The van der Waals surface area contributed by atoms with E-state index in [-0.39, 0.29) is 5.78 Å². The van der Waals surface area contributed by atoms with Crippen molar-refractivity contribution in [2.75, 3.05) is 0 Å². The molecule has 2 rings (SSSR count). The summed E-state index contributed by atoms with van der Waals surface area (Å²) in [5.41, 5.74) is 2.06. The molecule has 2 nitrogen and oxygen atoms in total. The molecule has 0 radical (unpaired) electrons. The molecule has 1 aromatic carbocycles. The number of hydrogen-bond acceptors (Lipinski definition) is 2. The fourth-order valence-corrected chi connectivity index (χ4v) is 3.40. The van der Waals surface area contributed by atoms with Crippen LogP contribution in [-0.2, 0) is 0 Å². The number of ketones is 1. The van der Waals surface area contributed by atoms with Gasteiger partial charge in [-0.25, -0.2) is 0 Å². The van der Waals surface area contributed by atoms with Crippen molar-refractivity contribution in [2.24, 2.45) is 0 Å². The summed E-state index contributed by atoms with van der Waals surface area (Å²) in [6.45, 7) is 3.50. The predicted molar refractivity (Wildman–Crippen MR) is 74.3 cm³/mol. The normalized spacial score (nSPS) is 10.6. The minimum atomic E-state index is -0.0735. The molecular formula is C13H10Br2O2.